The van der Waals surface area contributed by atoms with E-state index in [4.69, 9.17) is 16.3 Å². The minimum Gasteiger partial charge on any atom is -0.495 e. The number of carbonyl (C=O) groups excluding carboxylic acids is 1. The highest BCUT2D eigenvalue weighted by atomic mass is 35.5. The number of rotatable bonds is 9. The van der Waals surface area contributed by atoms with Gasteiger partial charge in [0.05, 0.1) is 13.7 Å². The highest BCUT2D eigenvalue weighted by molar-refractivity contribution is 7.89. The first-order valence-corrected chi connectivity index (χ1v) is 14.3. The Kier molecular flexibility index (Phi) is 7.61. The molecule has 9 heteroatoms. The van der Waals surface area contributed by atoms with Crippen LogP contribution in [0.1, 0.15) is 12.5 Å². The van der Waals surface area contributed by atoms with E-state index in [2.05, 4.69) is 28.9 Å². The molecule has 7 nitrogen and oxygen atoms in total. The number of nitrogens with one attached hydrogen (secondary N) is 1. The molecule has 5 aromatic rings. The molecule has 0 saturated carbocycles. The van der Waals surface area contributed by atoms with Gasteiger partial charge in [-0.25, -0.2) is 8.42 Å². The molecule has 4 aromatic carbocycles. The first kappa shape index (κ1) is 26.7. The van der Waals surface area contributed by atoms with Crippen molar-refractivity contribution in [3.05, 3.63) is 102 Å². The van der Waals surface area contributed by atoms with E-state index in [0.717, 1.165) is 38.2 Å². The average Bonchev–Trinajstić information content (AvgIpc) is 3.26. The standard InChI is InChI=1S/C30H28ClN3O4S/c1-3-34-26-12-8-7-11-24(26)25-18-23(14-15-27(25)34)32-30(35)20-33(19-21-9-5-4-6-10-21)39(36,37)29-17-22(31)13-16-28(29)38-2/h4-18H,3,19-20H2,1-2H3,(H,32,35). The minimum atomic E-state index is -4.16. The molecule has 0 atom stereocenters. The number of halogens is 1. The van der Waals surface area contributed by atoms with E-state index in [1.54, 1.807) is 6.07 Å². The molecular formula is C30H28ClN3O4S. The van der Waals surface area contributed by atoms with Crippen molar-refractivity contribution in [1.29, 1.82) is 0 Å². The molecule has 0 radical (unpaired) electrons. The number of methoxy groups -OCH3 is 1. The van der Waals surface area contributed by atoms with Crippen LogP contribution in [0.5, 0.6) is 5.75 Å². The average molecular weight is 562 g/mol. The Hall–Kier alpha value is -3.85. The summed E-state index contributed by atoms with van der Waals surface area (Å²) in [5.41, 5.74) is 3.51. The molecule has 0 saturated heterocycles. The number of benzene rings is 4. The molecule has 200 valence electrons. The number of anilines is 1. The van der Waals surface area contributed by atoms with Gasteiger partial charge >= 0.3 is 0 Å². The summed E-state index contributed by atoms with van der Waals surface area (Å²) in [5.74, 6) is -0.315. The third kappa shape index (κ3) is 5.36. The second kappa shape index (κ2) is 11.1. The summed E-state index contributed by atoms with van der Waals surface area (Å²) in [7, 11) is -2.76. The van der Waals surface area contributed by atoms with Gasteiger partial charge in [0.25, 0.3) is 0 Å². The normalized spacial score (nSPS) is 11.8. The third-order valence-electron chi connectivity index (χ3n) is 6.64. The lowest BCUT2D eigenvalue weighted by atomic mass is 10.1. The van der Waals surface area contributed by atoms with Crippen LogP contribution in [0.25, 0.3) is 21.8 Å². The molecule has 0 fully saturated rings. The van der Waals surface area contributed by atoms with Gasteiger partial charge in [0.15, 0.2) is 0 Å². The second-order valence-electron chi connectivity index (χ2n) is 9.10. The zero-order valence-electron chi connectivity index (χ0n) is 21.6. The molecule has 0 aliphatic rings. The molecule has 0 spiro atoms. The number of hydrogen-bond donors (Lipinski definition) is 1. The number of fused-ring (bicyclic) bond motifs is 3. The minimum absolute atomic E-state index is 0.00468. The number of ether oxygens (including phenoxy) is 1. The maximum Gasteiger partial charge on any atom is 0.247 e. The Morgan fingerprint density at radius 3 is 2.38 bits per heavy atom. The van der Waals surface area contributed by atoms with Gasteiger partial charge in [0.2, 0.25) is 15.9 Å². The predicted octanol–water partition coefficient (Wildman–Crippen LogP) is 6.31. The molecule has 1 aromatic heterocycles. The van der Waals surface area contributed by atoms with Crippen LogP contribution in [-0.2, 0) is 27.9 Å². The van der Waals surface area contributed by atoms with E-state index in [-0.39, 0.29) is 22.2 Å². The highest BCUT2D eigenvalue weighted by Gasteiger charge is 2.30. The van der Waals surface area contributed by atoms with Crippen LogP contribution in [0, 0.1) is 0 Å². The number of carbonyl (C=O) groups is 1. The van der Waals surface area contributed by atoms with Crippen molar-refractivity contribution in [1.82, 2.24) is 8.87 Å². The SMILES string of the molecule is CCn1c2ccccc2c2cc(NC(=O)CN(Cc3ccccc3)S(=O)(=O)c3cc(Cl)ccc3OC)ccc21. The first-order valence-electron chi connectivity index (χ1n) is 12.5. The van der Waals surface area contributed by atoms with Crippen molar-refractivity contribution in [2.75, 3.05) is 19.0 Å². The smallest absolute Gasteiger partial charge is 0.247 e. The van der Waals surface area contributed by atoms with Crippen LogP contribution in [0.2, 0.25) is 5.02 Å². The summed E-state index contributed by atoms with van der Waals surface area (Å²) < 4.78 is 36.3. The topological polar surface area (TPSA) is 80.6 Å². The van der Waals surface area contributed by atoms with E-state index in [9.17, 15) is 13.2 Å². The molecule has 0 bridgehead atoms. The Labute approximate surface area is 232 Å². The van der Waals surface area contributed by atoms with Crippen molar-refractivity contribution >= 4 is 55.0 Å². The zero-order chi connectivity index (χ0) is 27.6. The van der Waals surface area contributed by atoms with Crippen molar-refractivity contribution in [2.45, 2.75) is 24.9 Å². The van der Waals surface area contributed by atoms with Crippen LogP contribution in [0.3, 0.4) is 0 Å². The van der Waals surface area contributed by atoms with Crippen LogP contribution in [0.15, 0.2) is 95.9 Å². The summed E-state index contributed by atoms with van der Waals surface area (Å²) in [6, 6.07) is 27.4. The van der Waals surface area contributed by atoms with E-state index in [1.807, 2.05) is 60.7 Å². The van der Waals surface area contributed by atoms with Crippen LogP contribution in [-0.4, -0.2) is 36.9 Å². The fourth-order valence-electron chi connectivity index (χ4n) is 4.84. The van der Waals surface area contributed by atoms with Gasteiger partial charge in [-0.05, 0) is 55.0 Å². The zero-order valence-corrected chi connectivity index (χ0v) is 23.2. The number of aryl methyl sites for hydroxylation is 1. The molecule has 5 rings (SSSR count). The lowest BCUT2D eigenvalue weighted by Gasteiger charge is -2.23. The summed E-state index contributed by atoms with van der Waals surface area (Å²) in [5, 5.41) is 5.25. The van der Waals surface area contributed by atoms with Crippen molar-refractivity contribution in [3.63, 3.8) is 0 Å². The van der Waals surface area contributed by atoms with Gasteiger partial charge < -0.3 is 14.6 Å². The largest absolute Gasteiger partial charge is 0.495 e. The molecular weight excluding hydrogens is 534 g/mol. The van der Waals surface area contributed by atoms with Gasteiger partial charge in [-0.3, -0.25) is 4.79 Å². The Morgan fingerprint density at radius 1 is 0.923 bits per heavy atom. The highest BCUT2D eigenvalue weighted by Crippen LogP contribution is 2.32. The van der Waals surface area contributed by atoms with Gasteiger partial charge in [0.1, 0.15) is 10.6 Å². The van der Waals surface area contributed by atoms with Gasteiger partial charge in [-0.2, -0.15) is 4.31 Å². The summed E-state index contributed by atoms with van der Waals surface area (Å²) >= 11 is 6.14. The second-order valence-corrected chi connectivity index (χ2v) is 11.4. The summed E-state index contributed by atoms with van der Waals surface area (Å²) in [6.45, 7) is 2.50. The van der Waals surface area contributed by atoms with Crippen LogP contribution in [0.4, 0.5) is 5.69 Å². The van der Waals surface area contributed by atoms with E-state index in [0.29, 0.717) is 5.69 Å². The monoisotopic (exact) mass is 561 g/mol. The number of amides is 1. The molecule has 1 heterocycles. The number of hydrogen-bond acceptors (Lipinski definition) is 4. The Morgan fingerprint density at radius 2 is 1.64 bits per heavy atom. The van der Waals surface area contributed by atoms with Crippen molar-refractivity contribution in [3.8, 4) is 5.75 Å². The van der Waals surface area contributed by atoms with E-state index >= 15 is 0 Å². The molecule has 0 aliphatic heterocycles. The van der Waals surface area contributed by atoms with Gasteiger partial charge in [-0.15, -0.1) is 0 Å². The lowest BCUT2D eigenvalue weighted by molar-refractivity contribution is -0.116. The fourth-order valence-corrected chi connectivity index (χ4v) is 6.64. The molecule has 1 amide bonds. The molecule has 0 aliphatic carbocycles. The maximum atomic E-state index is 13.8. The van der Waals surface area contributed by atoms with Crippen molar-refractivity contribution < 1.29 is 17.9 Å². The Bertz CT molecular complexity index is 1770. The summed E-state index contributed by atoms with van der Waals surface area (Å²) in [6.07, 6.45) is 0. The number of sulfonamides is 1. The predicted molar refractivity (Wildman–Crippen MR) is 156 cm³/mol. The molecule has 0 unspecified atom stereocenters. The van der Waals surface area contributed by atoms with Gasteiger partial charge in [-0.1, -0.05) is 60.1 Å². The number of aromatic nitrogens is 1. The van der Waals surface area contributed by atoms with Crippen LogP contribution < -0.4 is 10.1 Å². The number of para-hydroxylation sites is 1. The lowest BCUT2D eigenvalue weighted by Crippen LogP contribution is -2.37. The summed E-state index contributed by atoms with van der Waals surface area (Å²) in [4.78, 5) is 13.2. The van der Waals surface area contributed by atoms with E-state index < -0.39 is 22.5 Å². The Balaban J connectivity index is 1.47. The van der Waals surface area contributed by atoms with E-state index in [1.165, 1.54) is 19.2 Å². The van der Waals surface area contributed by atoms with Crippen LogP contribution >= 0.6 is 11.6 Å². The molecule has 1 N–H and O–H groups in total. The third-order valence-corrected chi connectivity index (χ3v) is 8.69. The quantitative estimate of drug-likeness (QED) is 0.229. The van der Waals surface area contributed by atoms with Crippen molar-refractivity contribution in [2.24, 2.45) is 0 Å². The maximum absolute atomic E-state index is 13.8. The fraction of sp³-hybridized carbons (Fsp3) is 0.167. The number of nitrogens with zero attached hydrogens (tertiary/aromatic N) is 2. The van der Waals surface area contributed by atoms with Gasteiger partial charge in [0, 0.05) is 45.6 Å². The molecule has 39 heavy (non-hydrogen) atoms. The first-order chi connectivity index (χ1) is 18.8.